The van der Waals surface area contributed by atoms with Crippen molar-refractivity contribution in [3.8, 4) is 0 Å². The average Bonchev–Trinajstić information content (AvgIpc) is 2.68. The number of carbonyl (C=O) groups excluding carboxylic acids is 1. The summed E-state index contributed by atoms with van der Waals surface area (Å²) in [5, 5.41) is 6.61. The van der Waals surface area contributed by atoms with Gasteiger partial charge in [-0.1, -0.05) is 30.1 Å². The summed E-state index contributed by atoms with van der Waals surface area (Å²) < 4.78 is 0. The third kappa shape index (κ3) is 5.35. The number of likely N-dealkylation sites (N-methyl/N-ethyl adjacent to an activating group) is 1. The van der Waals surface area contributed by atoms with Gasteiger partial charge in [0.15, 0.2) is 5.11 Å². The molecule has 1 saturated heterocycles. The molecular formula is C20H22Cl2N4OS. The Balaban J connectivity index is 1.55. The van der Waals surface area contributed by atoms with Gasteiger partial charge in [0.05, 0.1) is 10.6 Å². The number of hydrogen-bond acceptors (Lipinski definition) is 4. The Kier molecular flexibility index (Phi) is 7.13. The van der Waals surface area contributed by atoms with E-state index in [-0.39, 0.29) is 16.0 Å². The van der Waals surface area contributed by atoms with Crippen molar-refractivity contribution in [1.29, 1.82) is 0 Å². The van der Waals surface area contributed by atoms with Gasteiger partial charge in [-0.15, -0.1) is 0 Å². The van der Waals surface area contributed by atoms with Crippen molar-refractivity contribution >= 4 is 57.8 Å². The largest absolute Gasteiger partial charge is 0.369 e. The summed E-state index contributed by atoms with van der Waals surface area (Å²) in [7, 11) is 0. The maximum absolute atomic E-state index is 12.3. The van der Waals surface area contributed by atoms with Gasteiger partial charge >= 0.3 is 0 Å². The van der Waals surface area contributed by atoms with E-state index in [4.69, 9.17) is 35.4 Å². The molecule has 1 aliphatic rings. The normalized spacial score (nSPS) is 14.6. The van der Waals surface area contributed by atoms with E-state index >= 15 is 0 Å². The van der Waals surface area contributed by atoms with E-state index in [9.17, 15) is 4.79 Å². The highest BCUT2D eigenvalue weighted by atomic mass is 35.5. The van der Waals surface area contributed by atoms with Gasteiger partial charge in [-0.25, -0.2) is 0 Å². The molecule has 0 spiro atoms. The Morgan fingerprint density at radius 3 is 2.36 bits per heavy atom. The van der Waals surface area contributed by atoms with Crippen molar-refractivity contribution in [3.05, 3.63) is 58.1 Å². The Labute approximate surface area is 180 Å². The fraction of sp³-hybridized carbons (Fsp3) is 0.300. The number of nitrogens with zero attached hydrogens (tertiary/aromatic N) is 2. The number of halogens is 2. The second-order valence-electron chi connectivity index (χ2n) is 6.50. The minimum Gasteiger partial charge on any atom is -0.369 e. The number of nitrogens with one attached hydrogen (secondary N) is 2. The highest BCUT2D eigenvalue weighted by Crippen LogP contribution is 2.21. The van der Waals surface area contributed by atoms with Crippen LogP contribution in [0.15, 0.2) is 42.5 Å². The predicted molar refractivity (Wildman–Crippen MR) is 121 cm³/mol. The predicted octanol–water partition coefficient (Wildman–Crippen LogP) is 4.26. The minimum absolute atomic E-state index is 0.209. The molecule has 1 heterocycles. The summed E-state index contributed by atoms with van der Waals surface area (Å²) in [6.45, 7) is 7.51. The van der Waals surface area contributed by atoms with Crippen molar-refractivity contribution in [3.63, 3.8) is 0 Å². The summed E-state index contributed by atoms with van der Waals surface area (Å²) in [6.07, 6.45) is 0. The fourth-order valence-corrected chi connectivity index (χ4v) is 3.79. The second-order valence-corrected chi connectivity index (χ2v) is 7.75. The number of rotatable bonds is 4. The number of amides is 1. The van der Waals surface area contributed by atoms with E-state index in [0.29, 0.717) is 10.6 Å². The lowest BCUT2D eigenvalue weighted by atomic mass is 10.2. The maximum Gasteiger partial charge on any atom is 0.258 e. The number of hydrogen-bond donors (Lipinski definition) is 2. The van der Waals surface area contributed by atoms with E-state index in [1.807, 2.05) is 12.1 Å². The molecule has 0 aliphatic carbocycles. The molecule has 2 N–H and O–H groups in total. The molecule has 3 rings (SSSR count). The van der Waals surface area contributed by atoms with Gasteiger partial charge < -0.3 is 15.1 Å². The number of benzene rings is 2. The van der Waals surface area contributed by atoms with Crippen LogP contribution in [0.25, 0.3) is 0 Å². The number of piperazine rings is 1. The summed E-state index contributed by atoms with van der Waals surface area (Å²) in [4.78, 5) is 17.1. The molecule has 8 heteroatoms. The Morgan fingerprint density at radius 2 is 1.75 bits per heavy atom. The third-order valence-electron chi connectivity index (χ3n) is 4.71. The van der Waals surface area contributed by atoms with Crippen molar-refractivity contribution in [1.82, 2.24) is 10.2 Å². The molecule has 0 atom stereocenters. The average molecular weight is 437 g/mol. The minimum atomic E-state index is -0.385. The van der Waals surface area contributed by atoms with E-state index < -0.39 is 0 Å². The lowest BCUT2D eigenvalue weighted by Crippen LogP contribution is -2.46. The highest BCUT2D eigenvalue weighted by Gasteiger charge is 2.16. The number of thiocarbonyl (C=S) groups is 1. The first-order valence-electron chi connectivity index (χ1n) is 9.11. The van der Waals surface area contributed by atoms with Crippen molar-refractivity contribution < 1.29 is 4.79 Å². The lowest BCUT2D eigenvalue weighted by Gasteiger charge is -2.35. The van der Waals surface area contributed by atoms with Gasteiger partial charge in [0, 0.05) is 42.6 Å². The molecule has 148 valence electrons. The molecule has 0 aromatic heterocycles. The van der Waals surface area contributed by atoms with E-state index in [1.54, 1.807) is 12.1 Å². The summed E-state index contributed by atoms with van der Waals surface area (Å²) in [5.41, 5.74) is 2.31. The molecule has 2 aromatic carbocycles. The Hall–Kier alpha value is -1.86. The van der Waals surface area contributed by atoms with Crippen LogP contribution < -0.4 is 15.5 Å². The van der Waals surface area contributed by atoms with Gasteiger partial charge in [-0.2, -0.15) is 0 Å². The molecular weight excluding hydrogens is 415 g/mol. The van der Waals surface area contributed by atoms with E-state index in [0.717, 1.165) is 38.4 Å². The number of carbonyl (C=O) groups is 1. The third-order valence-corrected chi connectivity index (χ3v) is 5.46. The second kappa shape index (κ2) is 9.56. The molecule has 1 amide bonds. The summed E-state index contributed by atoms with van der Waals surface area (Å²) >= 11 is 17.2. The van der Waals surface area contributed by atoms with Gasteiger partial charge in [0.25, 0.3) is 5.91 Å². The highest BCUT2D eigenvalue weighted by molar-refractivity contribution is 7.80. The van der Waals surface area contributed by atoms with Gasteiger partial charge in [0.1, 0.15) is 0 Å². The first-order chi connectivity index (χ1) is 13.5. The molecule has 1 fully saturated rings. The van der Waals surface area contributed by atoms with E-state index in [1.165, 1.54) is 11.8 Å². The summed E-state index contributed by atoms with van der Waals surface area (Å²) in [6, 6.07) is 12.7. The zero-order valence-corrected chi connectivity index (χ0v) is 17.9. The molecule has 2 aromatic rings. The van der Waals surface area contributed by atoms with Crippen LogP contribution in [-0.4, -0.2) is 48.6 Å². The Bertz CT molecular complexity index is 852. The molecule has 0 radical (unpaired) electrons. The molecule has 0 bridgehead atoms. The maximum atomic E-state index is 12.3. The van der Waals surface area contributed by atoms with Crippen LogP contribution in [0.3, 0.4) is 0 Å². The molecule has 0 saturated carbocycles. The van der Waals surface area contributed by atoms with Crippen LogP contribution in [0.1, 0.15) is 17.3 Å². The molecule has 28 heavy (non-hydrogen) atoms. The lowest BCUT2D eigenvalue weighted by molar-refractivity contribution is 0.0978. The SMILES string of the molecule is CCN1CCN(c2ccc(NC(=S)NC(=O)c3ccc(Cl)cc3Cl)cc2)CC1. The molecule has 5 nitrogen and oxygen atoms in total. The summed E-state index contributed by atoms with van der Waals surface area (Å²) in [5.74, 6) is -0.385. The zero-order valence-electron chi connectivity index (χ0n) is 15.5. The van der Waals surface area contributed by atoms with Crippen LogP contribution in [0.5, 0.6) is 0 Å². The quantitative estimate of drug-likeness (QED) is 0.700. The number of anilines is 2. The standard InChI is InChI=1S/C20H22Cl2N4OS/c1-2-25-9-11-26(12-10-25)16-6-4-15(5-7-16)23-20(28)24-19(27)17-8-3-14(21)13-18(17)22/h3-8,13H,2,9-12H2,1H3,(H2,23,24,27,28). The van der Waals surface area contributed by atoms with Crippen molar-refractivity contribution in [2.45, 2.75) is 6.92 Å². The van der Waals surface area contributed by atoms with Crippen LogP contribution in [0.4, 0.5) is 11.4 Å². The van der Waals surface area contributed by atoms with Crippen molar-refractivity contribution in [2.75, 3.05) is 42.9 Å². The van der Waals surface area contributed by atoms with Crippen LogP contribution in [-0.2, 0) is 0 Å². The first kappa shape index (κ1) is 20.9. The van der Waals surface area contributed by atoms with Gasteiger partial charge in [-0.05, 0) is 61.2 Å². The van der Waals surface area contributed by atoms with Crippen LogP contribution in [0.2, 0.25) is 10.0 Å². The monoisotopic (exact) mass is 436 g/mol. The van der Waals surface area contributed by atoms with E-state index in [2.05, 4.69) is 39.5 Å². The Morgan fingerprint density at radius 1 is 1.07 bits per heavy atom. The molecule has 0 unspecified atom stereocenters. The van der Waals surface area contributed by atoms with Crippen molar-refractivity contribution in [2.24, 2.45) is 0 Å². The van der Waals surface area contributed by atoms with Crippen LogP contribution >= 0.6 is 35.4 Å². The molecule has 1 aliphatic heterocycles. The van der Waals surface area contributed by atoms with Gasteiger partial charge in [0.2, 0.25) is 0 Å². The smallest absolute Gasteiger partial charge is 0.258 e. The topological polar surface area (TPSA) is 47.6 Å². The first-order valence-corrected chi connectivity index (χ1v) is 10.3. The zero-order chi connectivity index (χ0) is 20.1. The fourth-order valence-electron chi connectivity index (χ4n) is 3.08. The van der Waals surface area contributed by atoms with Crippen LogP contribution in [0, 0.1) is 0 Å². The van der Waals surface area contributed by atoms with Gasteiger partial charge in [-0.3, -0.25) is 10.1 Å².